The van der Waals surface area contributed by atoms with E-state index in [1.54, 1.807) is 0 Å². The van der Waals surface area contributed by atoms with E-state index in [2.05, 4.69) is 5.32 Å². The minimum atomic E-state index is -0.663. The van der Waals surface area contributed by atoms with Crippen LogP contribution in [0.5, 0.6) is 11.5 Å². The monoisotopic (exact) mass is 348 g/mol. The van der Waals surface area contributed by atoms with Gasteiger partial charge in [-0.3, -0.25) is 4.79 Å². The van der Waals surface area contributed by atoms with E-state index >= 15 is 0 Å². The van der Waals surface area contributed by atoms with Gasteiger partial charge in [0.15, 0.2) is 11.5 Å². The molecule has 0 fully saturated rings. The highest BCUT2D eigenvalue weighted by Gasteiger charge is 2.14. The Labute approximate surface area is 144 Å². The lowest BCUT2D eigenvalue weighted by atomic mass is 10.2. The lowest BCUT2D eigenvalue weighted by Crippen LogP contribution is -2.24. The first-order valence-electron chi connectivity index (χ1n) is 7.83. The SMILES string of the molecule is CN(CCC(=O)Nc1cc(F)ccc1F)Cc1ccc2c(c1)OCO2. The fourth-order valence-corrected chi connectivity index (χ4v) is 2.53. The number of benzene rings is 2. The van der Waals surface area contributed by atoms with Gasteiger partial charge in [-0.25, -0.2) is 8.78 Å². The maximum atomic E-state index is 13.5. The van der Waals surface area contributed by atoms with Crippen molar-refractivity contribution in [3.8, 4) is 11.5 Å². The number of carbonyl (C=O) groups is 1. The van der Waals surface area contributed by atoms with Crippen molar-refractivity contribution in [1.82, 2.24) is 4.90 Å². The van der Waals surface area contributed by atoms with Gasteiger partial charge in [0.25, 0.3) is 0 Å². The molecule has 5 nitrogen and oxygen atoms in total. The number of fused-ring (bicyclic) bond motifs is 1. The zero-order chi connectivity index (χ0) is 17.8. The normalized spacial score (nSPS) is 12.5. The van der Waals surface area contributed by atoms with Crippen molar-refractivity contribution in [3.63, 3.8) is 0 Å². The Balaban J connectivity index is 1.49. The van der Waals surface area contributed by atoms with Crippen LogP contribution < -0.4 is 14.8 Å². The number of ether oxygens (including phenoxy) is 2. The topological polar surface area (TPSA) is 50.8 Å². The highest BCUT2D eigenvalue weighted by molar-refractivity contribution is 5.90. The Morgan fingerprint density at radius 3 is 2.80 bits per heavy atom. The summed E-state index contributed by atoms with van der Waals surface area (Å²) in [6, 6.07) is 8.64. The number of anilines is 1. The van der Waals surface area contributed by atoms with E-state index in [4.69, 9.17) is 9.47 Å². The molecule has 2 aromatic rings. The predicted octanol–water partition coefficient (Wildman–Crippen LogP) is 3.15. The number of carbonyl (C=O) groups excluding carboxylic acids is 1. The molecular weight excluding hydrogens is 330 g/mol. The maximum Gasteiger partial charge on any atom is 0.231 e. The molecule has 0 saturated carbocycles. The summed E-state index contributed by atoms with van der Waals surface area (Å²) >= 11 is 0. The third-order valence-corrected chi connectivity index (χ3v) is 3.81. The molecule has 0 atom stereocenters. The molecule has 0 aliphatic carbocycles. The summed E-state index contributed by atoms with van der Waals surface area (Å²) in [6.07, 6.45) is 0.164. The van der Waals surface area contributed by atoms with Crippen molar-refractivity contribution < 1.29 is 23.0 Å². The third-order valence-electron chi connectivity index (χ3n) is 3.81. The minimum Gasteiger partial charge on any atom is -0.454 e. The Hall–Kier alpha value is -2.67. The highest BCUT2D eigenvalue weighted by Crippen LogP contribution is 2.32. The second-order valence-electron chi connectivity index (χ2n) is 5.85. The van der Waals surface area contributed by atoms with Gasteiger partial charge in [0.05, 0.1) is 5.69 Å². The number of halogens is 2. The second-order valence-corrected chi connectivity index (χ2v) is 5.85. The Morgan fingerprint density at radius 2 is 1.96 bits per heavy atom. The van der Waals surface area contributed by atoms with Crippen molar-refractivity contribution >= 4 is 11.6 Å². The van der Waals surface area contributed by atoms with Crippen LogP contribution in [-0.2, 0) is 11.3 Å². The summed E-state index contributed by atoms with van der Waals surface area (Å²) in [5, 5.41) is 2.39. The van der Waals surface area contributed by atoms with Gasteiger partial charge in [0.2, 0.25) is 12.7 Å². The van der Waals surface area contributed by atoms with Gasteiger partial charge in [-0.05, 0) is 36.9 Å². The molecule has 0 saturated heterocycles. The molecule has 1 N–H and O–H groups in total. The summed E-state index contributed by atoms with van der Waals surface area (Å²) in [6.45, 7) is 1.32. The van der Waals surface area contributed by atoms with Crippen LogP contribution >= 0.6 is 0 Å². The largest absolute Gasteiger partial charge is 0.454 e. The summed E-state index contributed by atoms with van der Waals surface area (Å²) < 4.78 is 37.2. The molecule has 25 heavy (non-hydrogen) atoms. The van der Waals surface area contributed by atoms with Crippen LogP contribution in [0.3, 0.4) is 0 Å². The molecule has 1 aliphatic heterocycles. The smallest absolute Gasteiger partial charge is 0.231 e. The average molecular weight is 348 g/mol. The first-order chi connectivity index (χ1) is 12.0. The van der Waals surface area contributed by atoms with Gasteiger partial charge < -0.3 is 19.7 Å². The van der Waals surface area contributed by atoms with Crippen LogP contribution in [0.1, 0.15) is 12.0 Å². The van der Waals surface area contributed by atoms with Crippen LogP contribution in [0.15, 0.2) is 36.4 Å². The van der Waals surface area contributed by atoms with Crippen molar-refractivity contribution in [2.24, 2.45) is 0 Å². The molecule has 0 aromatic heterocycles. The minimum absolute atomic E-state index is 0.150. The molecule has 0 spiro atoms. The number of amides is 1. The van der Waals surface area contributed by atoms with Crippen molar-refractivity contribution in [3.05, 3.63) is 53.6 Å². The van der Waals surface area contributed by atoms with E-state index in [-0.39, 0.29) is 24.8 Å². The first kappa shape index (κ1) is 17.2. The fourth-order valence-electron chi connectivity index (χ4n) is 2.53. The van der Waals surface area contributed by atoms with Crippen LogP contribution in [0.25, 0.3) is 0 Å². The summed E-state index contributed by atoms with van der Waals surface area (Å²) in [5.41, 5.74) is 0.881. The molecule has 7 heteroatoms. The summed E-state index contributed by atoms with van der Waals surface area (Å²) in [5.74, 6) is -0.199. The quantitative estimate of drug-likeness (QED) is 0.871. The van der Waals surface area contributed by atoms with E-state index in [0.29, 0.717) is 18.8 Å². The van der Waals surface area contributed by atoms with E-state index < -0.39 is 11.6 Å². The lowest BCUT2D eigenvalue weighted by molar-refractivity contribution is -0.116. The molecule has 2 aromatic carbocycles. The van der Waals surface area contributed by atoms with Crippen LogP contribution in [0.2, 0.25) is 0 Å². The zero-order valence-corrected chi connectivity index (χ0v) is 13.7. The van der Waals surface area contributed by atoms with Gasteiger partial charge in [-0.15, -0.1) is 0 Å². The van der Waals surface area contributed by atoms with E-state index in [1.807, 2.05) is 30.1 Å². The zero-order valence-electron chi connectivity index (χ0n) is 13.7. The Bertz CT molecular complexity index is 783. The van der Waals surface area contributed by atoms with E-state index in [9.17, 15) is 13.6 Å². The number of hydrogen-bond donors (Lipinski definition) is 1. The van der Waals surface area contributed by atoms with Gasteiger partial charge in [0.1, 0.15) is 11.6 Å². The summed E-state index contributed by atoms with van der Waals surface area (Å²) in [7, 11) is 1.88. The van der Waals surface area contributed by atoms with Crippen LogP contribution in [0, 0.1) is 11.6 Å². The molecule has 1 aliphatic rings. The molecule has 1 heterocycles. The van der Waals surface area contributed by atoms with Crippen LogP contribution in [-0.4, -0.2) is 31.2 Å². The van der Waals surface area contributed by atoms with Gasteiger partial charge in [0, 0.05) is 25.6 Å². The van der Waals surface area contributed by atoms with E-state index in [1.165, 1.54) is 0 Å². The maximum absolute atomic E-state index is 13.5. The molecule has 132 valence electrons. The standard InChI is InChI=1S/C18H18F2N2O3/c1-22(10-12-2-5-16-17(8-12)25-11-24-16)7-6-18(23)21-15-9-13(19)3-4-14(15)20/h2-5,8-9H,6-7,10-11H2,1H3,(H,21,23). The molecule has 0 unspecified atom stereocenters. The van der Waals surface area contributed by atoms with Gasteiger partial charge >= 0.3 is 0 Å². The van der Waals surface area contributed by atoms with Crippen molar-refractivity contribution in [1.29, 1.82) is 0 Å². The van der Waals surface area contributed by atoms with Gasteiger partial charge in [-0.1, -0.05) is 6.07 Å². The number of rotatable bonds is 6. The average Bonchev–Trinajstić information content (AvgIpc) is 3.04. The van der Waals surface area contributed by atoms with E-state index in [0.717, 1.165) is 29.5 Å². The Morgan fingerprint density at radius 1 is 1.16 bits per heavy atom. The molecule has 0 radical (unpaired) electrons. The lowest BCUT2D eigenvalue weighted by Gasteiger charge is -2.16. The number of nitrogens with one attached hydrogen (secondary N) is 1. The van der Waals surface area contributed by atoms with Crippen molar-refractivity contribution in [2.75, 3.05) is 25.7 Å². The predicted molar refractivity (Wildman–Crippen MR) is 88.5 cm³/mol. The molecule has 0 bridgehead atoms. The highest BCUT2D eigenvalue weighted by atomic mass is 19.1. The number of hydrogen-bond acceptors (Lipinski definition) is 4. The van der Waals surface area contributed by atoms with Crippen LogP contribution in [0.4, 0.5) is 14.5 Å². The second kappa shape index (κ2) is 7.48. The Kier molecular flexibility index (Phi) is 5.14. The third kappa shape index (κ3) is 4.45. The fraction of sp³-hybridized carbons (Fsp3) is 0.278. The van der Waals surface area contributed by atoms with Gasteiger partial charge in [-0.2, -0.15) is 0 Å². The summed E-state index contributed by atoms with van der Waals surface area (Å²) in [4.78, 5) is 13.9. The molecule has 3 rings (SSSR count). The van der Waals surface area contributed by atoms with Crippen molar-refractivity contribution in [2.45, 2.75) is 13.0 Å². The molecule has 1 amide bonds. The number of nitrogens with zero attached hydrogens (tertiary/aromatic N) is 1. The molecular formula is C18H18F2N2O3. The first-order valence-corrected chi connectivity index (χ1v) is 7.83.